The van der Waals surface area contributed by atoms with E-state index < -0.39 is 0 Å². The molecule has 1 aliphatic heterocycles. The van der Waals surface area contributed by atoms with Gasteiger partial charge in [-0.2, -0.15) is 0 Å². The molecule has 0 aromatic heterocycles. The summed E-state index contributed by atoms with van der Waals surface area (Å²) < 4.78 is 0. The summed E-state index contributed by atoms with van der Waals surface area (Å²) in [5, 5.41) is 0. The number of anilines is 1. The molecule has 1 saturated carbocycles. The van der Waals surface area contributed by atoms with Crippen molar-refractivity contribution in [3.05, 3.63) is 29.8 Å². The van der Waals surface area contributed by atoms with E-state index in [1.165, 1.54) is 11.3 Å². The summed E-state index contributed by atoms with van der Waals surface area (Å²) >= 11 is 0. The SMILES string of the molecule is NC(=O)[C@H]1CCc2ccccc2N1C1CCC(N)CC1. The van der Waals surface area contributed by atoms with E-state index in [2.05, 4.69) is 23.1 Å². The summed E-state index contributed by atoms with van der Waals surface area (Å²) in [6, 6.07) is 8.95. The molecular formula is C16H23N3O. The van der Waals surface area contributed by atoms with Crippen molar-refractivity contribution in [1.29, 1.82) is 0 Å². The molecule has 3 rings (SSSR count). The van der Waals surface area contributed by atoms with Gasteiger partial charge in [0.1, 0.15) is 6.04 Å². The minimum Gasteiger partial charge on any atom is -0.368 e. The molecule has 0 saturated heterocycles. The fourth-order valence-corrected chi connectivity index (χ4v) is 3.68. The summed E-state index contributed by atoms with van der Waals surface area (Å²) in [6.45, 7) is 0. The number of carbonyl (C=O) groups is 1. The van der Waals surface area contributed by atoms with E-state index >= 15 is 0 Å². The molecule has 4 N–H and O–H groups in total. The van der Waals surface area contributed by atoms with E-state index in [0.29, 0.717) is 12.1 Å². The molecule has 1 atom stereocenters. The van der Waals surface area contributed by atoms with Gasteiger partial charge in [0.05, 0.1) is 0 Å². The van der Waals surface area contributed by atoms with Crippen LogP contribution in [0.3, 0.4) is 0 Å². The Balaban J connectivity index is 1.92. The van der Waals surface area contributed by atoms with Gasteiger partial charge < -0.3 is 16.4 Å². The number of rotatable bonds is 2. The second kappa shape index (κ2) is 5.44. The van der Waals surface area contributed by atoms with Crippen molar-refractivity contribution in [2.45, 2.75) is 56.7 Å². The maximum Gasteiger partial charge on any atom is 0.240 e. The Hall–Kier alpha value is -1.55. The van der Waals surface area contributed by atoms with Crippen molar-refractivity contribution >= 4 is 11.6 Å². The molecule has 4 nitrogen and oxygen atoms in total. The number of nitrogens with two attached hydrogens (primary N) is 2. The second-order valence-electron chi connectivity index (χ2n) is 6.06. The van der Waals surface area contributed by atoms with Gasteiger partial charge in [-0.1, -0.05) is 18.2 Å². The Labute approximate surface area is 120 Å². The van der Waals surface area contributed by atoms with Crippen molar-refractivity contribution in [2.24, 2.45) is 11.5 Å². The fourth-order valence-electron chi connectivity index (χ4n) is 3.68. The molecule has 20 heavy (non-hydrogen) atoms. The van der Waals surface area contributed by atoms with Crippen LogP contribution in [-0.4, -0.2) is 24.0 Å². The van der Waals surface area contributed by atoms with Crippen molar-refractivity contribution in [3.8, 4) is 0 Å². The Kier molecular flexibility index (Phi) is 3.66. The zero-order chi connectivity index (χ0) is 14.1. The van der Waals surface area contributed by atoms with Gasteiger partial charge in [0, 0.05) is 17.8 Å². The molecule has 1 aliphatic carbocycles. The molecule has 0 bridgehead atoms. The smallest absolute Gasteiger partial charge is 0.240 e. The predicted octanol–water partition coefficient (Wildman–Crippen LogP) is 1.56. The van der Waals surface area contributed by atoms with Gasteiger partial charge in [-0.3, -0.25) is 4.79 Å². The Morgan fingerprint density at radius 1 is 1.10 bits per heavy atom. The Morgan fingerprint density at radius 3 is 2.50 bits per heavy atom. The third-order valence-corrected chi connectivity index (χ3v) is 4.76. The first-order valence-electron chi connectivity index (χ1n) is 7.58. The lowest BCUT2D eigenvalue weighted by atomic mass is 9.86. The van der Waals surface area contributed by atoms with Crippen LogP contribution in [0.4, 0.5) is 5.69 Å². The van der Waals surface area contributed by atoms with Crippen molar-refractivity contribution in [3.63, 3.8) is 0 Å². The van der Waals surface area contributed by atoms with Gasteiger partial charge in [-0.05, 0) is 50.2 Å². The minimum absolute atomic E-state index is 0.163. The molecule has 1 aromatic rings. The summed E-state index contributed by atoms with van der Waals surface area (Å²) in [7, 11) is 0. The number of nitrogens with zero attached hydrogens (tertiary/aromatic N) is 1. The highest BCUT2D eigenvalue weighted by molar-refractivity contribution is 5.85. The largest absolute Gasteiger partial charge is 0.368 e. The molecular weight excluding hydrogens is 250 g/mol. The lowest BCUT2D eigenvalue weighted by Gasteiger charge is -2.44. The fraction of sp³-hybridized carbons (Fsp3) is 0.562. The third kappa shape index (κ3) is 2.40. The summed E-state index contributed by atoms with van der Waals surface area (Å²) in [5.41, 5.74) is 14.2. The van der Waals surface area contributed by atoms with Crippen LogP contribution in [0.15, 0.2) is 24.3 Å². The van der Waals surface area contributed by atoms with Gasteiger partial charge in [-0.15, -0.1) is 0 Å². The van der Waals surface area contributed by atoms with Gasteiger partial charge in [-0.25, -0.2) is 0 Å². The van der Waals surface area contributed by atoms with E-state index in [0.717, 1.165) is 38.5 Å². The Bertz CT molecular complexity index is 494. The van der Waals surface area contributed by atoms with Crippen LogP contribution in [0.5, 0.6) is 0 Å². The first-order valence-corrected chi connectivity index (χ1v) is 7.58. The number of fused-ring (bicyclic) bond motifs is 1. The maximum atomic E-state index is 11.8. The standard InChI is InChI=1S/C16H23N3O/c17-12-6-8-13(9-7-12)19-14-4-2-1-3-11(14)5-10-15(19)16(18)20/h1-4,12-13,15H,5-10,17H2,(H2,18,20)/t12?,13?,15-/m1/s1. The number of aryl methyl sites for hydroxylation is 1. The van der Waals surface area contributed by atoms with Gasteiger partial charge in [0.25, 0.3) is 0 Å². The molecule has 4 heteroatoms. The molecule has 1 amide bonds. The minimum atomic E-state index is -0.200. The van der Waals surface area contributed by atoms with E-state index in [4.69, 9.17) is 11.5 Å². The molecule has 0 unspecified atom stereocenters. The number of benzene rings is 1. The third-order valence-electron chi connectivity index (χ3n) is 4.76. The summed E-state index contributed by atoms with van der Waals surface area (Å²) in [4.78, 5) is 14.1. The van der Waals surface area contributed by atoms with Crippen LogP contribution in [0.1, 0.15) is 37.7 Å². The maximum absolute atomic E-state index is 11.8. The van der Waals surface area contributed by atoms with Crippen LogP contribution in [0.25, 0.3) is 0 Å². The quantitative estimate of drug-likeness (QED) is 0.859. The van der Waals surface area contributed by atoms with Crippen LogP contribution in [-0.2, 0) is 11.2 Å². The number of hydrogen-bond donors (Lipinski definition) is 2. The number of para-hydroxylation sites is 1. The first kappa shape index (κ1) is 13.4. The number of hydrogen-bond acceptors (Lipinski definition) is 3. The highest BCUT2D eigenvalue weighted by atomic mass is 16.1. The van der Waals surface area contributed by atoms with E-state index in [1.807, 2.05) is 6.07 Å². The van der Waals surface area contributed by atoms with Gasteiger partial charge in [0.2, 0.25) is 5.91 Å². The van der Waals surface area contributed by atoms with Crippen LogP contribution in [0.2, 0.25) is 0 Å². The van der Waals surface area contributed by atoms with Crippen molar-refractivity contribution in [1.82, 2.24) is 0 Å². The molecule has 0 radical (unpaired) electrons. The lowest BCUT2D eigenvalue weighted by molar-refractivity contribution is -0.119. The van der Waals surface area contributed by atoms with Gasteiger partial charge >= 0.3 is 0 Å². The van der Waals surface area contributed by atoms with E-state index in [1.54, 1.807) is 0 Å². The molecule has 0 spiro atoms. The first-order chi connectivity index (χ1) is 9.66. The predicted molar refractivity (Wildman–Crippen MR) is 80.5 cm³/mol. The monoisotopic (exact) mass is 273 g/mol. The van der Waals surface area contributed by atoms with Gasteiger partial charge in [0.15, 0.2) is 0 Å². The molecule has 2 aliphatic rings. The second-order valence-corrected chi connectivity index (χ2v) is 6.06. The average molecular weight is 273 g/mol. The molecule has 1 fully saturated rings. The number of carbonyl (C=O) groups excluding carboxylic acids is 1. The zero-order valence-electron chi connectivity index (χ0n) is 11.8. The van der Waals surface area contributed by atoms with Crippen molar-refractivity contribution in [2.75, 3.05) is 4.90 Å². The highest BCUT2D eigenvalue weighted by Gasteiger charge is 2.35. The average Bonchev–Trinajstić information content (AvgIpc) is 2.47. The number of primary amides is 1. The Morgan fingerprint density at radius 2 is 1.80 bits per heavy atom. The lowest BCUT2D eigenvalue weighted by Crippen LogP contribution is -2.54. The molecule has 1 heterocycles. The van der Waals surface area contributed by atoms with Crippen LogP contribution < -0.4 is 16.4 Å². The molecule has 108 valence electrons. The van der Waals surface area contributed by atoms with Crippen LogP contribution in [0, 0.1) is 0 Å². The zero-order valence-corrected chi connectivity index (χ0v) is 11.8. The highest BCUT2D eigenvalue weighted by Crippen LogP contribution is 2.36. The molecule has 1 aromatic carbocycles. The van der Waals surface area contributed by atoms with Crippen LogP contribution >= 0.6 is 0 Å². The summed E-state index contributed by atoms with van der Waals surface area (Å²) in [5.74, 6) is -0.200. The van der Waals surface area contributed by atoms with E-state index in [9.17, 15) is 4.79 Å². The normalized spacial score (nSPS) is 29.9. The number of amides is 1. The topological polar surface area (TPSA) is 72.4 Å². The van der Waals surface area contributed by atoms with E-state index in [-0.39, 0.29) is 11.9 Å². The van der Waals surface area contributed by atoms with Crippen molar-refractivity contribution < 1.29 is 4.79 Å². The summed E-state index contributed by atoms with van der Waals surface area (Å²) in [6.07, 6.45) is 5.95.